The summed E-state index contributed by atoms with van der Waals surface area (Å²) in [5.41, 5.74) is 6.16. The zero-order chi connectivity index (χ0) is 74.8. The van der Waals surface area contributed by atoms with Crippen molar-refractivity contribution in [3.8, 4) is 0 Å². The van der Waals surface area contributed by atoms with Gasteiger partial charge in [-0.2, -0.15) is 0 Å². The monoisotopic (exact) mass is 1420 g/mol. The highest BCUT2D eigenvalue weighted by Gasteiger charge is 2.44. The number of amides is 8. The van der Waals surface area contributed by atoms with Crippen molar-refractivity contribution in [2.45, 2.75) is 195 Å². The minimum atomic E-state index is -1.08. The van der Waals surface area contributed by atoms with Gasteiger partial charge in [0, 0.05) is 96.3 Å². The second-order valence-electron chi connectivity index (χ2n) is 27.7. The number of ether oxygens (including phenoxy) is 7. The van der Waals surface area contributed by atoms with Crippen molar-refractivity contribution in [3.05, 3.63) is 29.8 Å². The summed E-state index contributed by atoms with van der Waals surface area (Å²) < 4.78 is 39.5. The van der Waals surface area contributed by atoms with E-state index in [9.17, 15) is 57.8 Å². The number of hydroxylamine groups is 2. The zero-order valence-corrected chi connectivity index (χ0v) is 62.2. The zero-order valence-electron chi connectivity index (χ0n) is 62.2. The maximum atomic E-state index is 14.5. The number of primary amides is 1. The van der Waals surface area contributed by atoms with E-state index in [-0.39, 0.29) is 169 Å². The van der Waals surface area contributed by atoms with Gasteiger partial charge in [0.2, 0.25) is 23.6 Å². The first-order valence-corrected chi connectivity index (χ1v) is 35.6. The molecule has 12 atom stereocenters. The second-order valence-corrected chi connectivity index (χ2v) is 27.7. The molecule has 6 N–H and O–H groups in total. The summed E-state index contributed by atoms with van der Waals surface area (Å²) in [6.07, 6.45) is -0.184. The molecule has 1 aromatic rings. The molecule has 28 heteroatoms. The lowest BCUT2D eigenvalue weighted by Crippen LogP contribution is -2.54. The summed E-state index contributed by atoms with van der Waals surface area (Å²) in [5, 5.41) is 20.3. The highest BCUT2D eigenvalue weighted by atomic mass is 16.7. The maximum Gasteiger partial charge on any atom is 0.335 e. The minimum absolute atomic E-state index is 0.00827. The third-order valence-corrected chi connectivity index (χ3v) is 18.8. The molecule has 0 spiro atoms. The summed E-state index contributed by atoms with van der Waals surface area (Å²) in [6, 6.07) is 3.64. The van der Waals surface area contributed by atoms with Crippen molar-refractivity contribution in [3.63, 3.8) is 0 Å². The number of hydrogen-bond acceptors (Lipinski definition) is 21. The van der Waals surface area contributed by atoms with Gasteiger partial charge in [0.15, 0.2) is 11.6 Å². The molecule has 3 rings (SSSR count). The van der Waals surface area contributed by atoms with Gasteiger partial charge < -0.3 is 74.6 Å². The number of Topliss-reactive ketones (excluding diaryl/α,β-unsaturated/α-hetero) is 3. The first-order valence-electron chi connectivity index (χ1n) is 35.6. The molecule has 0 saturated carbocycles. The van der Waals surface area contributed by atoms with E-state index in [1.165, 1.54) is 7.11 Å². The number of urea groups is 1. The summed E-state index contributed by atoms with van der Waals surface area (Å²) in [5.74, 6) is -6.68. The number of imide groups is 1. The molecule has 1 unspecified atom stereocenters. The number of nitrogens with zero attached hydrogens (tertiary/aromatic N) is 4. The van der Waals surface area contributed by atoms with Crippen LogP contribution in [0, 0.1) is 47.3 Å². The number of anilines is 1. The molecule has 28 nitrogen and oxygen atoms in total. The Morgan fingerprint density at radius 2 is 1.23 bits per heavy atom. The number of aliphatic hydroxyl groups is 1. The highest BCUT2D eigenvalue weighted by molar-refractivity contribution is 6.01. The van der Waals surface area contributed by atoms with Crippen LogP contribution in [0.2, 0.25) is 0 Å². The molecule has 2 fully saturated rings. The van der Waals surface area contributed by atoms with Gasteiger partial charge >= 0.3 is 12.0 Å². The SMILES string of the molecule is CCC(C)[C@@H]([C@@H](CC(=O)N1CCC[C@H]1[C@H](OC)[C@@H](C)C(=O)C[C@H](C)[C@@H](O)c1ccc(NC(=O)[C@H](CCCNC(N)=O)CC(=O)[C@@H](NC(=O)CCOCCOCCOCCOCCOCCC(=O)ON2C(=O)CCC2=O)C(C)C)cc1)OC)N(C)C(=O)[C@@H](CC(=O)[C@H](C(C)C)N(C)C)C(C)C. The Labute approximate surface area is 592 Å². The van der Waals surface area contributed by atoms with Crippen LogP contribution >= 0.6 is 0 Å². The molecule has 0 aromatic heterocycles. The van der Waals surface area contributed by atoms with E-state index >= 15 is 0 Å². The van der Waals surface area contributed by atoms with Crippen molar-refractivity contribution in [2.24, 2.45) is 53.1 Å². The van der Waals surface area contributed by atoms with E-state index in [1.807, 2.05) is 60.5 Å². The number of aliphatic hydroxyl groups excluding tert-OH is 1. The van der Waals surface area contributed by atoms with Crippen LogP contribution in [-0.4, -0.2) is 241 Å². The van der Waals surface area contributed by atoms with Crippen LogP contribution in [0.3, 0.4) is 0 Å². The molecule has 100 heavy (non-hydrogen) atoms. The highest BCUT2D eigenvalue weighted by Crippen LogP contribution is 2.34. The largest absolute Gasteiger partial charge is 0.388 e. The Balaban J connectivity index is 1.51. The molecule has 2 aliphatic heterocycles. The van der Waals surface area contributed by atoms with E-state index in [0.717, 1.165) is 0 Å². The third-order valence-electron chi connectivity index (χ3n) is 18.8. The van der Waals surface area contributed by atoms with Crippen molar-refractivity contribution >= 4 is 70.5 Å². The molecule has 2 saturated heterocycles. The Hall–Kier alpha value is -6.37. The van der Waals surface area contributed by atoms with E-state index in [2.05, 4.69) is 16.0 Å². The topological polar surface area (TPSA) is 357 Å². The van der Waals surface area contributed by atoms with Crippen LogP contribution in [0.15, 0.2) is 24.3 Å². The fourth-order valence-corrected chi connectivity index (χ4v) is 13.0. The van der Waals surface area contributed by atoms with Crippen molar-refractivity contribution in [2.75, 3.05) is 120 Å². The third kappa shape index (κ3) is 29.5. The van der Waals surface area contributed by atoms with Crippen LogP contribution in [-0.2, 0) is 85.9 Å². The summed E-state index contributed by atoms with van der Waals surface area (Å²) in [4.78, 5) is 154. The Morgan fingerprint density at radius 3 is 1.73 bits per heavy atom. The fourth-order valence-electron chi connectivity index (χ4n) is 13.0. The number of carbonyl (C=O) groups excluding carboxylic acids is 11. The molecular formula is C72H120N8O20. The van der Waals surface area contributed by atoms with Crippen LogP contribution in [0.25, 0.3) is 0 Å². The van der Waals surface area contributed by atoms with E-state index < -0.39 is 95.7 Å². The van der Waals surface area contributed by atoms with Gasteiger partial charge in [-0.05, 0) is 87.1 Å². The molecule has 8 amide bonds. The van der Waals surface area contributed by atoms with Crippen LogP contribution in [0.5, 0.6) is 0 Å². The summed E-state index contributed by atoms with van der Waals surface area (Å²) in [6.45, 7) is 21.9. The smallest absolute Gasteiger partial charge is 0.335 e. The lowest BCUT2D eigenvalue weighted by molar-refractivity contribution is -0.198. The van der Waals surface area contributed by atoms with Crippen molar-refractivity contribution < 1.29 is 95.8 Å². The Bertz CT molecular complexity index is 2710. The van der Waals surface area contributed by atoms with Crippen LogP contribution in [0.4, 0.5) is 10.5 Å². The minimum Gasteiger partial charge on any atom is -0.388 e. The van der Waals surface area contributed by atoms with E-state index in [0.29, 0.717) is 68.4 Å². The molecule has 568 valence electrons. The number of carbonyl (C=O) groups is 11. The van der Waals surface area contributed by atoms with Gasteiger partial charge in [0.05, 0.1) is 121 Å². The predicted molar refractivity (Wildman–Crippen MR) is 372 cm³/mol. The lowest BCUT2D eigenvalue weighted by atomic mass is 9.83. The lowest BCUT2D eigenvalue weighted by Gasteiger charge is -2.41. The molecule has 0 bridgehead atoms. The maximum absolute atomic E-state index is 14.5. The molecule has 0 radical (unpaired) electrons. The van der Waals surface area contributed by atoms with E-state index in [1.54, 1.807) is 75.9 Å². The molecular weight excluding hydrogens is 1300 g/mol. The predicted octanol–water partition coefficient (Wildman–Crippen LogP) is 5.63. The van der Waals surface area contributed by atoms with Gasteiger partial charge in [-0.1, -0.05) is 87.8 Å². The van der Waals surface area contributed by atoms with Gasteiger partial charge in [0.25, 0.3) is 11.8 Å². The standard InChI is InChI=1S/C72H120N8O20/c1-16-48(8)67(78(13)71(91)54(45(2)3)43-58(83)66(47(6)7)77(11)12)59(93-14)44-63(87)79-30-18-20-55(79)69(94-15)50(10)56(81)41-49(9)68(89)51-21-23-53(24-22-51)75-70(90)52(19-17-29-74-72(73)92)42-57(82)65(46(4)5)76-60(84)27-31-95-33-35-97-37-39-99-40-38-98-36-34-96-32-28-64(88)100-80-61(85)25-26-62(80)86/h21-24,45-50,52,54-55,59,65-69,89H,16-20,25-44H2,1-15H3,(H,75,90)(H,76,84)(H3,73,74,92)/t48?,49-,50-,52+,54-,55-,59+,65-,66-,67-,68+,69+/m0/s1. The number of rotatable bonds is 52. The number of hydrogen-bond donors (Lipinski definition) is 5. The fraction of sp³-hybridized carbons (Fsp3) is 0.764. The van der Waals surface area contributed by atoms with Gasteiger partial charge in [-0.3, -0.25) is 48.1 Å². The average Bonchev–Trinajstić information content (AvgIpc) is 1.33. The second kappa shape index (κ2) is 46.3. The first-order chi connectivity index (χ1) is 47.4. The molecule has 0 aliphatic carbocycles. The van der Waals surface area contributed by atoms with Crippen molar-refractivity contribution in [1.29, 1.82) is 0 Å². The number of likely N-dealkylation sites (tertiary alicyclic amines) is 1. The Kier molecular flexibility index (Phi) is 40.7. The average molecular weight is 1420 g/mol. The number of ketones is 3. The van der Waals surface area contributed by atoms with Gasteiger partial charge in [-0.15, -0.1) is 5.06 Å². The summed E-state index contributed by atoms with van der Waals surface area (Å²) >= 11 is 0. The Morgan fingerprint density at radius 1 is 0.670 bits per heavy atom. The molecule has 1 aromatic carbocycles. The number of nitrogens with one attached hydrogen (secondary N) is 3. The number of methoxy groups -OCH3 is 2. The van der Waals surface area contributed by atoms with Crippen molar-refractivity contribution in [1.82, 2.24) is 30.4 Å². The first kappa shape index (κ1) is 87.8. The van der Waals surface area contributed by atoms with Crippen LogP contribution in [0.1, 0.15) is 164 Å². The van der Waals surface area contributed by atoms with Gasteiger partial charge in [0.1, 0.15) is 5.78 Å². The summed E-state index contributed by atoms with van der Waals surface area (Å²) in [7, 11) is 8.58. The number of benzene rings is 1. The van der Waals surface area contributed by atoms with Crippen LogP contribution < -0.4 is 21.7 Å². The van der Waals surface area contributed by atoms with E-state index in [4.69, 9.17) is 43.7 Å². The number of likely N-dealkylation sites (N-methyl/N-ethyl adjacent to an activating group) is 2. The molecule has 2 heterocycles. The normalized spacial score (nSPS) is 17.5. The van der Waals surface area contributed by atoms with Gasteiger partial charge in [-0.25, -0.2) is 9.59 Å². The quantitative estimate of drug-likeness (QED) is 0.0390. The molecule has 2 aliphatic rings. The number of nitrogens with two attached hydrogens (primary N) is 1.